The first-order valence-electron chi connectivity index (χ1n) is 12.6. The third kappa shape index (κ3) is 3.74. The van der Waals surface area contributed by atoms with Crippen molar-refractivity contribution in [3.63, 3.8) is 0 Å². The van der Waals surface area contributed by atoms with Crippen LogP contribution in [0.3, 0.4) is 0 Å². The topological polar surface area (TPSA) is 62.6 Å². The first-order chi connectivity index (χ1) is 17.7. The highest BCUT2D eigenvalue weighted by Crippen LogP contribution is 2.45. The van der Waals surface area contributed by atoms with E-state index in [-0.39, 0.29) is 24.1 Å². The Kier molecular flexibility index (Phi) is 5.73. The van der Waals surface area contributed by atoms with Crippen LogP contribution in [-0.4, -0.2) is 36.8 Å². The van der Waals surface area contributed by atoms with Crippen molar-refractivity contribution in [2.24, 2.45) is 0 Å². The molecule has 1 aliphatic carbocycles. The van der Waals surface area contributed by atoms with Crippen LogP contribution in [0.25, 0.3) is 16.7 Å². The molecule has 5 heteroatoms. The molecule has 0 N–H and O–H groups in total. The van der Waals surface area contributed by atoms with Crippen LogP contribution < -0.4 is 4.74 Å². The number of nitrogens with zero attached hydrogens (tertiary/aromatic N) is 2. The van der Waals surface area contributed by atoms with Crippen LogP contribution in [0.1, 0.15) is 53.9 Å². The molecule has 3 aromatic carbocycles. The highest BCUT2D eigenvalue weighted by Gasteiger charge is 2.39. The van der Waals surface area contributed by atoms with Gasteiger partial charge in [0.1, 0.15) is 18.4 Å². The molecule has 36 heavy (non-hydrogen) atoms. The van der Waals surface area contributed by atoms with E-state index >= 15 is 0 Å². The highest BCUT2D eigenvalue weighted by atomic mass is 16.6. The Morgan fingerprint density at radius 2 is 1.75 bits per heavy atom. The molecule has 0 aromatic heterocycles. The van der Waals surface area contributed by atoms with Crippen molar-refractivity contribution in [3.8, 4) is 22.9 Å². The van der Waals surface area contributed by atoms with Gasteiger partial charge in [-0.1, -0.05) is 60.7 Å². The molecule has 1 fully saturated rings. The minimum absolute atomic E-state index is 0.0183. The Hall–Kier alpha value is -4.04. The van der Waals surface area contributed by atoms with Crippen LogP contribution >= 0.6 is 0 Å². The van der Waals surface area contributed by atoms with Gasteiger partial charge in [-0.05, 0) is 71.2 Å². The van der Waals surface area contributed by atoms with Crippen LogP contribution in [0.15, 0.2) is 72.8 Å². The predicted octanol–water partition coefficient (Wildman–Crippen LogP) is 6.53. The fourth-order valence-electron chi connectivity index (χ4n) is 6.18. The van der Waals surface area contributed by atoms with E-state index in [2.05, 4.69) is 60.7 Å². The number of rotatable bonds is 4. The summed E-state index contributed by atoms with van der Waals surface area (Å²) in [6.07, 6.45) is 5.75. The molecule has 5 nitrogen and oxygen atoms in total. The number of hydrogen-bond donors (Lipinski definition) is 0. The second-order valence-electron chi connectivity index (χ2n) is 9.79. The van der Waals surface area contributed by atoms with Gasteiger partial charge in [-0.2, -0.15) is 5.26 Å². The van der Waals surface area contributed by atoms with Gasteiger partial charge < -0.3 is 9.47 Å². The average molecular weight is 477 g/mol. The zero-order valence-corrected chi connectivity index (χ0v) is 20.3. The molecule has 0 saturated carbocycles. The summed E-state index contributed by atoms with van der Waals surface area (Å²) >= 11 is 0. The fourth-order valence-corrected chi connectivity index (χ4v) is 6.18. The molecule has 0 spiro atoms. The Morgan fingerprint density at radius 1 is 1.03 bits per heavy atom. The van der Waals surface area contributed by atoms with Crippen LogP contribution in [0, 0.1) is 11.3 Å². The predicted molar refractivity (Wildman–Crippen MR) is 139 cm³/mol. The van der Waals surface area contributed by atoms with Gasteiger partial charge in [-0.15, -0.1) is 0 Å². The number of carbonyl (C=O) groups is 1. The fraction of sp³-hybridized carbons (Fsp3) is 0.290. The van der Waals surface area contributed by atoms with Crippen LogP contribution in [0.2, 0.25) is 0 Å². The van der Waals surface area contributed by atoms with Gasteiger partial charge in [0.2, 0.25) is 0 Å². The quantitative estimate of drug-likeness (QED) is 0.430. The van der Waals surface area contributed by atoms with Crippen molar-refractivity contribution in [1.29, 1.82) is 5.26 Å². The standard InChI is InChI=1S/C31H28N2O3/c1-35-30-17-20(13-14-21(30)18-32)22-15-23-7-6-8-24(16-22)33(23)31(34)36-19-29-27-11-4-2-9-25(27)26-10-3-5-12-28(26)29/h2-5,9-15,17,23-24,29H,6-8,16,19H2,1H3. The number of fused-ring (bicyclic) bond motifs is 5. The van der Waals surface area contributed by atoms with E-state index < -0.39 is 0 Å². The second-order valence-corrected chi connectivity index (χ2v) is 9.79. The molecular formula is C31H28N2O3. The number of piperidine rings is 1. The summed E-state index contributed by atoms with van der Waals surface area (Å²) in [5.74, 6) is 0.642. The monoisotopic (exact) mass is 476 g/mol. The van der Waals surface area contributed by atoms with Gasteiger partial charge >= 0.3 is 6.09 Å². The summed E-state index contributed by atoms with van der Waals surface area (Å²) in [5, 5.41) is 9.31. The van der Waals surface area contributed by atoms with Crippen LogP contribution in [0.5, 0.6) is 5.75 Å². The van der Waals surface area contributed by atoms with Gasteiger partial charge in [0.05, 0.1) is 18.7 Å². The van der Waals surface area contributed by atoms with E-state index in [4.69, 9.17) is 9.47 Å². The minimum Gasteiger partial charge on any atom is -0.495 e. The van der Waals surface area contributed by atoms with E-state index in [1.54, 1.807) is 7.11 Å². The number of benzene rings is 3. The normalized spacial score (nSPS) is 20.1. The zero-order chi connectivity index (χ0) is 24.6. The van der Waals surface area contributed by atoms with E-state index in [9.17, 15) is 10.1 Å². The molecule has 2 unspecified atom stereocenters. The van der Waals surface area contributed by atoms with Crippen molar-refractivity contribution in [2.45, 2.75) is 43.7 Å². The molecule has 3 aromatic rings. The molecule has 1 amide bonds. The van der Waals surface area contributed by atoms with E-state index in [1.807, 2.05) is 23.1 Å². The first-order valence-corrected chi connectivity index (χ1v) is 12.6. The van der Waals surface area contributed by atoms with Gasteiger partial charge in [-0.3, -0.25) is 4.90 Å². The third-order valence-electron chi connectivity index (χ3n) is 7.88. The Labute approximate surface area is 211 Å². The molecule has 2 heterocycles. The molecule has 3 aliphatic rings. The van der Waals surface area contributed by atoms with E-state index in [0.717, 1.165) is 31.2 Å². The molecule has 2 bridgehead atoms. The summed E-state index contributed by atoms with van der Waals surface area (Å²) in [6, 6.07) is 24.8. The maximum absolute atomic E-state index is 13.4. The highest BCUT2D eigenvalue weighted by molar-refractivity contribution is 5.79. The molecule has 180 valence electrons. The first kappa shape index (κ1) is 22.4. The van der Waals surface area contributed by atoms with Crippen molar-refractivity contribution >= 4 is 11.7 Å². The summed E-state index contributed by atoms with van der Waals surface area (Å²) < 4.78 is 11.4. The van der Waals surface area contributed by atoms with Gasteiger partial charge in [0.25, 0.3) is 0 Å². The number of nitriles is 1. The minimum atomic E-state index is -0.223. The molecule has 2 aliphatic heterocycles. The average Bonchev–Trinajstić information content (AvgIpc) is 3.24. The van der Waals surface area contributed by atoms with Crippen LogP contribution in [0.4, 0.5) is 4.79 Å². The molecular weight excluding hydrogens is 448 g/mol. The molecule has 1 saturated heterocycles. The smallest absolute Gasteiger partial charge is 0.410 e. The number of ether oxygens (including phenoxy) is 2. The number of carbonyl (C=O) groups excluding carboxylic acids is 1. The van der Waals surface area contributed by atoms with Gasteiger partial charge in [0.15, 0.2) is 0 Å². The Balaban J connectivity index is 1.22. The molecule has 2 atom stereocenters. The maximum Gasteiger partial charge on any atom is 0.410 e. The Bertz CT molecular complexity index is 1360. The van der Waals surface area contributed by atoms with Crippen molar-refractivity contribution < 1.29 is 14.3 Å². The molecule has 0 radical (unpaired) electrons. The lowest BCUT2D eigenvalue weighted by Crippen LogP contribution is -2.51. The lowest BCUT2D eigenvalue weighted by Gasteiger charge is -2.44. The van der Waals surface area contributed by atoms with E-state index in [0.29, 0.717) is 17.9 Å². The number of methoxy groups -OCH3 is 1. The second kappa shape index (κ2) is 9.20. The molecule has 6 rings (SSSR count). The number of amides is 1. The van der Waals surface area contributed by atoms with Crippen molar-refractivity contribution in [2.75, 3.05) is 13.7 Å². The zero-order valence-electron chi connectivity index (χ0n) is 20.3. The lowest BCUT2D eigenvalue weighted by molar-refractivity contribution is 0.0539. The summed E-state index contributed by atoms with van der Waals surface area (Å²) in [6.45, 7) is 0.339. The summed E-state index contributed by atoms with van der Waals surface area (Å²) in [5.41, 5.74) is 7.69. The summed E-state index contributed by atoms with van der Waals surface area (Å²) in [4.78, 5) is 15.4. The largest absolute Gasteiger partial charge is 0.495 e. The number of hydrogen-bond acceptors (Lipinski definition) is 4. The lowest BCUT2D eigenvalue weighted by atomic mass is 9.83. The SMILES string of the molecule is COc1cc(C2=CC3CCCC(C2)N3C(=O)OCC2c3ccccc3-c3ccccc32)ccc1C#N. The van der Waals surface area contributed by atoms with Crippen molar-refractivity contribution in [3.05, 3.63) is 95.1 Å². The van der Waals surface area contributed by atoms with Crippen molar-refractivity contribution in [1.82, 2.24) is 4.90 Å². The third-order valence-corrected chi connectivity index (χ3v) is 7.88. The van der Waals surface area contributed by atoms with Gasteiger partial charge in [-0.25, -0.2) is 4.79 Å². The van der Waals surface area contributed by atoms with Gasteiger partial charge in [0, 0.05) is 12.0 Å². The maximum atomic E-state index is 13.4. The summed E-state index contributed by atoms with van der Waals surface area (Å²) in [7, 11) is 1.59. The van der Waals surface area contributed by atoms with E-state index in [1.165, 1.54) is 27.8 Å². The Morgan fingerprint density at radius 3 is 2.42 bits per heavy atom. The van der Waals surface area contributed by atoms with Crippen LogP contribution in [-0.2, 0) is 4.74 Å².